The van der Waals surface area contributed by atoms with Crippen LogP contribution in [0.5, 0.6) is 0 Å². The van der Waals surface area contributed by atoms with Gasteiger partial charge >= 0.3 is 6.18 Å². The average molecular weight is 315 g/mol. The first kappa shape index (κ1) is 16.4. The van der Waals surface area contributed by atoms with Gasteiger partial charge in [-0.2, -0.15) is 23.3 Å². The summed E-state index contributed by atoms with van der Waals surface area (Å²) in [4.78, 5) is 16.0. The number of carbonyl (C=O) groups is 1. The molecule has 1 aromatic rings. The van der Waals surface area contributed by atoms with Gasteiger partial charge in [0.2, 0.25) is 0 Å². The maximum atomic E-state index is 13.3. The van der Waals surface area contributed by atoms with Gasteiger partial charge in [-0.25, -0.2) is 0 Å². The zero-order valence-electron chi connectivity index (χ0n) is 12.3. The molecule has 0 spiro atoms. The van der Waals surface area contributed by atoms with Crippen LogP contribution in [0.1, 0.15) is 37.6 Å². The minimum absolute atomic E-state index is 0.0796. The molecule has 0 aliphatic carbocycles. The average Bonchev–Trinajstić information content (AvgIpc) is 2.78. The molecule has 1 N–H and O–H groups in total. The van der Waals surface area contributed by atoms with Gasteiger partial charge in [0, 0.05) is 29.9 Å². The van der Waals surface area contributed by atoms with Gasteiger partial charge in [0.1, 0.15) is 0 Å². The Labute approximate surface area is 125 Å². The smallest absolute Gasteiger partial charge is 0.362 e. The molecule has 2 rings (SSSR count). The molecule has 0 saturated heterocycles. The van der Waals surface area contributed by atoms with Crippen molar-refractivity contribution in [2.24, 2.45) is 10.5 Å². The van der Waals surface area contributed by atoms with Crippen LogP contribution in [-0.4, -0.2) is 38.6 Å². The minimum atomic E-state index is -5.03. The third-order valence-corrected chi connectivity index (χ3v) is 3.41. The molecule has 2 heterocycles. The number of carbonyl (C=O) groups excluding carboxylic acids is 1. The highest BCUT2D eigenvalue weighted by atomic mass is 19.4. The lowest BCUT2D eigenvalue weighted by atomic mass is 9.86. The lowest BCUT2D eigenvalue weighted by Crippen LogP contribution is -2.56. The number of hydrogen-bond donors (Lipinski definition) is 1. The zero-order valence-corrected chi connectivity index (χ0v) is 12.3. The van der Waals surface area contributed by atoms with Crippen molar-refractivity contribution >= 4 is 11.6 Å². The second-order valence-corrected chi connectivity index (χ2v) is 6.15. The van der Waals surface area contributed by atoms with E-state index in [-0.39, 0.29) is 16.3 Å². The van der Waals surface area contributed by atoms with Crippen LogP contribution in [0.2, 0.25) is 0 Å². The van der Waals surface area contributed by atoms with Crippen molar-refractivity contribution < 1.29 is 23.1 Å². The number of alkyl halides is 3. The highest BCUT2D eigenvalue weighted by molar-refractivity contribution is 5.99. The van der Waals surface area contributed by atoms with Crippen LogP contribution in [0, 0.1) is 5.41 Å². The maximum Gasteiger partial charge on any atom is 0.438 e. The molecule has 1 aliphatic rings. The van der Waals surface area contributed by atoms with E-state index < -0.39 is 29.6 Å². The summed E-state index contributed by atoms with van der Waals surface area (Å²) in [6, 6.07) is 2.74. The van der Waals surface area contributed by atoms with E-state index >= 15 is 0 Å². The van der Waals surface area contributed by atoms with E-state index in [2.05, 4.69) is 10.1 Å². The SMILES string of the molecule is CC(C)(C)C1=NN(C(=O)c2cccnc2)[C@@](O)(C(F)(F)F)C1. The Bertz CT molecular complexity index is 608. The van der Waals surface area contributed by atoms with Gasteiger partial charge in [-0.15, -0.1) is 0 Å². The monoisotopic (exact) mass is 315 g/mol. The number of aromatic nitrogens is 1. The second-order valence-electron chi connectivity index (χ2n) is 6.15. The molecule has 22 heavy (non-hydrogen) atoms. The largest absolute Gasteiger partial charge is 0.438 e. The van der Waals surface area contributed by atoms with Gasteiger partial charge in [0.15, 0.2) is 0 Å². The third-order valence-electron chi connectivity index (χ3n) is 3.41. The first-order chi connectivity index (χ1) is 9.97. The van der Waals surface area contributed by atoms with Crippen molar-refractivity contribution in [2.75, 3.05) is 0 Å². The summed E-state index contributed by atoms with van der Waals surface area (Å²) in [7, 11) is 0. The van der Waals surface area contributed by atoms with Crippen molar-refractivity contribution in [3.05, 3.63) is 30.1 Å². The normalized spacial score (nSPS) is 22.7. The van der Waals surface area contributed by atoms with Crippen LogP contribution < -0.4 is 0 Å². The molecule has 1 amide bonds. The molecule has 120 valence electrons. The summed E-state index contributed by atoms with van der Waals surface area (Å²) >= 11 is 0. The van der Waals surface area contributed by atoms with Crippen molar-refractivity contribution in [3.63, 3.8) is 0 Å². The molecule has 0 saturated carbocycles. The fraction of sp³-hybridized carbons (Fsp3) is 0.500. The van der Waals surface area contributed by atoms with Crippen LogP contribution in [-0.2, 0) is 0 Å². The molecule has 5 nitrogen and oxygen atoms in total. The molecule has 0 fully saturated rings. The van der Waals surface area contributed by atoms with Gasteiger partial charge in [-0.1, -0.05) is 20.8 Å². The maximum absolute atomic E-state index is 13.3. The lowest BCUT2D eigenvalue weighted by molar-refractivity contribution is -0.297. The molecule has 0 aromatic carbocycles. The van der Waals surface area contributed by atoms with Crippen LogP contribution >= 0.6 is 0 Å². The Morgan fingerprint density at radius 1 is 1.36 bits per heavy atom. The highest BCUT2D eigenvalue weighted by Crippen LogP contribution is 2.43. The van der Waals surface area contributed by atoms with E-state index in [9.17, 15) is 23.1 Å². The van der Waals surface area contributed by atoms with Gasteiger partial charge < -0.3 is 5.11 Å². The Balaban J connectivity index is 2.48. The number of aliphatic hydroxyl groups is 1. The summed E-state index contributed by atoms with van der Waals surface area (Å²) in [6.45, 7) is 5.00. The summed E-state index contributed by atoms with van der Waals surface area (Å²) in [5.74, 6) is -1.05. The number of hydrogen-bond acceptors (Lipinski definition) is 4. The Morgan fingerprint density at radius 3 is 2.45 bits per heavy atom. The number of pyridine rings is 1. The number of nitrogens with zero attached hydrogens (tertiary/aromatic N) is 3. The van der Waals surface area contributed by atoms with Crippen molar-refractivity contribution in [1.29, 1.82) is 0 Å². The Kier molecular flexibility index (Phi) is 3.76. The van der Waals surface area contributed by atoms with Crippen LogP contribution in [0.3, 0.4) is 0 Å². The van der Waals surface area contributed by atoms with Crippen molar-refractivity contribution in [1.82, 2.24) is 9.99 Å². The summed E-state index contributed by atoms with van der Waals surface area (Å²) in [6.07, 6.45) is -3.28. The van der Waals surface area contributed by atoms with Crippen LogP contribution in [0.15, 0.2) is 29.6 Å². The van der Waals surface area contributed by atoms with Gasteiger partial charge in [-0.3, -0.25) is 9.78 Å². The third kappa shape index (κ3) is 2.70. The number of amides is 1. The van der Waals surface area contributed by atoms with Crippen LogP contribution in [0.25, 0.3) is 0 Å². The first-order valence-corrected chi connectivity index (χ1v) is 6.58. The summed E-state index contributed by atoms with van der Waals surface area (Å²) in [5.41, 5.74) is -4.03. The minimum Gasteiger partial charge on any atom is -0.362 e. The fourth-order valence-corrected chi connectivity index (χ4v) is 2.01. The van der Waals surface area contributed by atoms with Gasteiger partial charge in [-0.05, 0) is 12.1 Å². The highest BCUT2D eigenvalue weighted by Gasteiger charge is 2.64. The van der Waals surface area contributed by atoms with Crippen LogP contribution in [0.4, 0.5) is 13.2 Å². The summed E-state index contributed by atoms with van der Waals surface area (Å²) in [5, 5.41) is 14.0. The van der Waals surface area contributed by atoms with E-state index in [1.807, 2.05) is 0 Å². The van der Waals surface area contributed by atoms with E-state index in [1.165, 1.54) is 18.3 Å². The van der Waals surface area contributed by atoms with Gasteiger partial charge in [0.25, 0.3) is 11.6 Å². The topological polar surface area (TPSA) is 65.8 Å². The number of hydrazone groups is 1. The quantitative estimate of drug-likeness (QED) is 0.866. The molecular weight excluding hydrogens is 299 g/mol. The van der Waals surface area contributed by atoms with E-state index in [0.29, 0.717) is 0 Å². The fourth-order valence-electron chi connectivity index (χ4n) is 2.01. The molecule has 0 unspecified atom stereocenters. The van der Waals surface area contributed by atoms with Crippen molar-refractivity contribution in [3.8, 4) is 0 Å². The molecule has 8 heteroatoms. The van der Waals surface area contributed by atoms with Gasteiger partial charge in [0.05, 0.1) is 5.56 Å². The predicted octanol–water partition coefficient (Wildman–Crippen LogP) is 2.58. The van der Waals surface area contributed by atoms with Crippen molar-refractivity contribution in [2.45, 2.75) is 39.1 Å². The first-order valence-electron chi connectivity index (χ1n) is 6.58. The predicted molar refractivity (Wildman–Crippen MR) is 72.9 cm³/mol. The standard InChI is InChI=1S/C14H16F3N3O2/c1-12(2,3)10-7-13(22,14(15,16)17)20(19-10)11(21)9-5-4-6-18-8-9/h4-6,8,22H,7H2,1-3H3/t13-/m0/s1. The number of rotatable bonds is 1. The number of halogens is 3. The Hall–Kier alpha value is -1.96. The zero-order chi connectivity index (χ0) is 16.8. The Morgan fingerprint density at radius 2 is 2.00 bits per heavy atom. The van der Waals surface area contributed by atoms with E-state index in [0.717, 1.165) is 6.20 Å². The molecule has 1 aromatic heterocycles. The lowest BCUT2D eigenvalue weighted by Gasteiger charge is -2.32. The summed E-state index contributed by atoms with van der Waals surface area (Å²) < 4.78 is 39.9. The van der Waals surface area contributed by atoms with E-state index in [4.69, 9.17) is 0 Å². The molecule has 1 aliphatic heterocycles. The second kappa shape index (κ2) is 5.05. The molecular formula is C14H16F3N3O2. The molecule has 1 atom stereocenters. The molecule has 0 radical (unpaired) electrons. The molecule has 0 bridgehead atoms. The van der Waals surface area contributed by atoms with E-state index in [1.54, 1.807) is 20.8 Å².